The molecule has 0 amide bonds. The Morgan fingerprint density at radius 1 is 0.432 bits per heavy atom. The average molecular weight is 992 g/mol. The van der Waals surface area contributed by atoms with Crippen LogP contribution in [0.1, 0.15) is 80.1 Å². The van der Waals surface area contributed by atoms with Gasteiger partial charge in [-0.05, 0) is 38.5 Å². The van der Waals surface area contributed by atoms with Gasteiger partial charge in [-0.15, -0.1) is 0 Å². The second-order valence-corrected chi connectivity index (χ2v) is 15.3. The predicted molar refractivity (Wildman–Crippen MR) is 202 cm³/mol. The molecule has 0 aromatic carbocycles. The van der Waals surface area contributed by atoms with Gasteiger partial charge in [-0.2, -0.15) is 0 Å². The molecule has 0 bridgehead atoms. The van der Waals surface area contributed by atoms with E-state index in [4.69, 9.17) is 42.0 Å². The molecular formula is C30H60I3O10P. The minimum atomic E-state index is -3.93. The number of halogens is 3. The molecule has 0 N–H and O–H groups in total. The fourth-order valence-corrected chi connectivity index (χ4v) is 6.42. The monoisotopic (exact) mass is 992 g/mol. The zero-order valence-electron chi connectivity index (χ0n) is 28.0. The second-order valence-electron chi connectivity index (χ2n) is 10.4. The summed E-state index contributed by atoms with van der Waals surface area (Å²) < 4.78 is 69.7. The molecule has 0 spiro atoms. The van der Waals surface area contributed by atoms with Gasteiger partial charge in [0.05, 0.1) is 96.1 Å². The number of alkyl halides is 3. The summed E-state index contributed by atoms with van der Waals surface area (Å²) >= 11 is 6.87. The Bertz CT molecular complexity index is 620. The van der Waals surface area contributed by atoms with Crippen LogP contribution in [0.3, 0.4) is 0 Å². The normalized spacial score (nSPS) is 13.2. The van der Waals surface area contributed by atoms with Crippen molar-refractivity contribution in [2.75, 3.05) is 92.6 Å². The van der Waals surface area contributed by atoms with E-state index in [-0.39, 0.29) is 39.6 Å². The summed E-state index contributed by atoms with van der Waals surface area (Å²) in [5.74, 6) is 0. The van der Waals surface area contributed by atoms with Gasteiger partial charge in [-0.1, -0.05) is 109 Å². The maximum Gasteiger partial charge on any atom is 0.475 e. The SMILES string of the molecule is CCC(CC)(COCCI)OCCOP(=O)(OCCOC(CC)(CC)COCCI)OCCOC(CC)(CC)COCCI. The summed E-state index contributed by atoms with van der Waals surface area (Å²) in [5.41, 5.74) is -1.27. The van der Waals surface area contributed by atoms with E-state index in [1.165, 1.54) is 0 Å². The first kappa shape index (κ1) is 46.1. The van der Waals surface area contributed by atoms with Gasteiger partial charge in [0, 0.05) is 13.3 Å². The molecular weight excluding hydrogens is 932 g/mol. The predicted octanol–water partition coefficient (Wildman–Crippen LogP) is 8.23. The smallest absolute Gasteiger partial charge is 0.378 e. The number of hydrogen-bond acceptors (Lipinski definition) is 10. The molecule has 0 saturated carbocycles. The van der Waals surface area contributed by atoms with E-state index in [2.05, 4.69) is 109 Å². The molecule has 0 aliphatic carbocycles. The first-order valence-electron chi connectivity index (χ1n) is 16.0. The summed E-state index contributed by atoms with van der Waals surface area (Å²) in [7, 11) is -3.93. The summed E-state index contributed by atoms with van der Waals surface area (Å²) in [6.45, 7) is 16.8. The van der Waals surface area contributed by atoms with E-state index in [0.29, 0.717) is 39.6 Å². The van der Waals surface area contributed by atoms with E-state index in [9.17, 15) is 4.57 Å². The Hall–Kier alpha value is 2.06. The van der Waals surface area contributed by atoms with Crippen LogP contribution >= 0.6 is 75.6 Å². The first-order chi connectivity index (χ1) is 21.2. The maximum absolute atomic E-state index is 13.7. The van der Waals surface area contributed by atoms with Crippen LogP contribution in [0.5, 0.6) is 0 Å². The highest BCUT2D eigenvalue weighted by atomic mass is 127. The van der Waals surface area contributed by atoms with Crippen molar-refractivity contribution in [2.24, 2.45) is 0 Å². The lowest BCUT2D eigenvalue weighted by atomic mass is 9.98. The highest BCUT2D eigenvalue weighted by molar-refractivity contribution is 14.1. The third-order valence-electron chi connectivity index (χ3n) is 7.85. The molecule has 0 aliphatic heterocycles. The van der Waals surface area contributed by atoms with Crippen LogP contribution in [0.15, 0.2) is 0 Å². The minimum Gasteiger partial charge on any atom is -0.378 e. The number of ether oxygens (including phenoxy) is 6. The van der Waals surface area contributed by atoms with Crippen LogP contribution in [0.2, 0.25) is 0 Å². The molecule has 266 valence electrons. The van der Waals surface area contributed by atoms with Crippen molar-refractivity contribution in [2.45, 2.75) is 96.9 Å². The quantitative estimate of drug-likeness (QED) is 0.0277. The molecule has 0 aromatic rings. The maximum atomic E-state index is 13.7. The van der Waals surface area contributed by atoms with Crippen LogP contribution in [0, 0.1) is 0 Å². The lowest BCUT2D eigenvalue weighted by molar-refractivity contribution is -0.115. The van der Waals surface area contributed by atoms with Crippen molar-refractivity contribution in [3.63, 3.8) is 0 Å². The van der Waals surface area contributed by atoms with Crippen LogP contribution in [-0.4, -0.2) is 109 Å². The fourth-order valence-electron chi connectivity index (χ4n) is 4.37. The molecule has 0 fully saturated rings. The van der Waals surface area contributed by atoms with Crippen molar-refractivity contribution in [1.29, 1.82) is 0 Å². The zero-order chi connectivity index (χ0) is 33.2. The number of phosphoric acid groups is 1. The van der Waals surface area contributed by atoms with E-state index in [1.54, 1.807) is 0 Å². The van der Waals surface area contributed by atoms with Crippen molar-refractivity contribution >= 4 is 75.6 Å². The molecule has 0 radical (unpaired) electrons. The van der Waals surface area contributed by atoms with E-state index in [0.717, 1.165) is 51.8 Å². The van der Waals surface area contributed by atoms with E-state index in [1.807, 2.05) is 0 Å². The number of hydrogen-bond donors (Lipinski definition) is 0. The fraction of sp³-hybridized carbons (Fsp3) is 1.00. The third kappa shape index (κ3) is 19.3. The van der Waals surface area contributed by atoms with Gasteiger partial charge < -0.3 is 28.4 Å². The molecule has 0 saturated heterocycles. The molecule has 0 rings (SSSR count). The summed E-state index contributed by atoms with van der Waals surface area (Å²) in [6, 6.07) is 0. The molecule has 0 heterocycles. The Morgan fingerprint density at radius 3 is 0.886 bits per heavy atom. The molecule has 0 atom stereocenters. The molecule has 0 unspecified atom stereocenters. The largest absolute Gasteiger partial charge is 0.475 e. The Labute approximate surface area is 309 Å². The van der Waals surface area contributed by atoms with Crippen molar-refractivity contribution in [3.05, 3.63) is 0 Å². The van der Waals surface area contributed by atoms with Crippen molar-refractivity contribution < 1.29 is 46.6 Å². The lowest BCUT2D eigenvalue weighted by Gasteiger charge is -2.32. The average Bonchev–Trinajstić information content (AvgIpc) is 3.05. The van der Waals surface area contributed by atoms with Gasteiger partial charge in [-0.3, -0.25) is 13.6 Å². The van der Waals surface area contributed by atoms with Gasteiger partial charge in [0.15, 0.2) is 0 Å². The topological polar surface area (TPSA) is 100 Å². The molecule has 44 heavy (non-hydrogen) atoms. The lowest BCUT2D eigenvalue weighted by Crippen LogP contribution is -2.38. The van der Waals surface area contributed by atoms with Gasteiger partial charge in [-0.25, -0.2) is 4.57 Å². The molecule has 0 aliphatic rings. The minimum absolute atomic E-state index is 0.0447. The molecule has 14 heteroatoms. The molecule has 0 aromatic heterocycles. The van der Waals surface area contributed by atoms with Gasteiger partial charge in [0.2, 0.25) is 0 Å². The van der Waals surface area contributed by atoms with Gasteiger partial charge in [0.1, 0.15) is 0 Å². The van der Waals surface area contributed by atoms with Crippen molar-refractivity contribution in [3.8, 4) is 0 Å². The van der Waals surface area contributed by atoms with Gasteiger partial charge in [0.25, 0.3) is 0 Å². The zero-order valence-corrected chi connectivity index (χ0v) is 35.4. The Balaban J connectivity index is 5.28. The van der Waals surface area contributed by atoms with Crippen molar-refractivity contribution in [1.82, 2.24) is 0 Å². The summed E-state index contributed by atoms with van der Waals surface area (Å²) in [5, 5.41) is 0. The number of rotatable bonds is 33. The van der Waals surface area contributed by atoms with E-state index >= 15 is 0 Å². The Kier molecular flexibility index (Phi) is 29.1. The first-order valence-corrected chi connectivity index (χ1v) is 22.1. The third-order valence-corrected chi connectivity index (χ3v) is 10.7. The van der Waals surface area contributed by atoms with Crippen LogP contribution in [0.25, 0.3) is 0 Å². The standard InChI is InChI=1S/C30H60I3O10P/c1-7-28(8-2,25-35-16-13-31)38-19-22-41-44(34,42-23-20-39-29(9-3,10-4)26-36-17-14-32)43-24-21-40-30(11-5,12-6)27-37-18-15-33/h7-27H2,1-6H3. The van der Waals surface area contributed by atoms with Crippen LogP contribution in [-0.2, 0) is 46.6 Å². The summed E-state index contributed by atoms with van der Waals surface area (Å²) in [4.78, 5) is 0. The van der Waals surface area contributed by atoms with E-state index < -0.39 is 24.6 Å². The second kappa shape index (κ2) is 27.8. The highest BCUT2D eigenvalue weighted by Gasteiger charge is 2.33. The number of phosphoric ester groups is 1. The molecule has 10 nitrogen and oxygen atoms in total. The van der Waals surface area contributed by atoms with Gasteiger partial charge >= 0.3 is 7.82 Å². The summed E-state index contributed by atoms with van der Waals surface area (Å²) in [6.07, 6.45) is 4.75. The van der Waals surface area contributed by atoms with Crippen LogP contribution < -0.4 is 0 Å². The van der Waals surface area contributed by atoms with Crippen LogP contribution in [0.4, 0.5) is 0 Å². The highest BCUT2D eigenvalue weighted by Crippen LogP contribution is 2.49. The Morgan fingerprint density at radius 2 is 0.682 bits per heavy atom.